The normalized spacial score (nSPS) is 39.0. The Morgan fingerprint density at radius 3 is 2.54 bits per heavy atom. The molecule has 0 amide bonds. The van der Waals surface area contributed by atoms with E-state index in [1.54, 1.807) is 0 Å². The van der Waals surface area contributed by atoms with E-state index in [2.05, 4.69) is 4.90 Å². The van der Waals surface area contributed by atoms with E-state index in [1.165, 1.54) is 19.3 Å². The van der Waals surface area contributed by atoms with Gasteiger partial charge in [0.1, 0.15) is 0 Å². The van der Waals surface area contributed by atoms with Gasteiger partial charge < -0.3 is 10.5 Å². The largest absolute Gasteiger partial charge is 0.380 e. The molecule has 2 aliphatic heterocycles. The number of nitrogens with zero attached hydrogens (tertiary/aromatic N) is 1. The van der Waals surface area contributed by atoms with Crippen molar-refractivity contribution in [3.05, 3.63) is 0 Å². The lowest BCUT2D eigenvalue weighted by Gasteiger charge is -2.50. The van der Waals surface area contributed by atoms with Crippen molar-refractivity contribution in [2.24, 2.45) is 11.7 Å². The molecule has 2 N–H and O–H groups in total. The summed E-state index contributed by atoms with van der Waals surface area (Å²) in [6, 6.07) is 0.676. The highest BCUT2D eigenvalue weighted by atomic mass is 16.5. The second-order valence-corrected chi connectivity index (χ2v) is 4.93. The van der Waals surface area contributed by atoms with Crippen molar-refractivity contribution in [3.8, 4) is 0 Å². The van der Waals surface area contributed by atoms with Crippen LogP contribution in [-0.4, -0.2) is 42.8 Å². The molecule has 0 aromatic carbocycles. The Morgan fingerprint density at radius 2 is 2.00 bits per heavy atom. The monoisotopic (exact) mass is 182 g/mol. The molecule has 3 nitrogen and oxygen atoms in total. The molecule has 13 heavy (non-hydrogen) atoms. The van der Waals surface area contributed by atoms with Crippen LogP contribution in [0.1, 0.15) is 19.3 Å². The van der Waals surface area contributed by atoms with Gasteiger partial charge in [0.2, 0.25) is 0 Å². The van der Waals surface area contributed by atoms with Crippen molar-refractivity contribution < 1.29 is 4.74 Å². The van der Waals surface area contributed by atoms with Crippen molar-refractivity contribution >= 4 is 0 Å². The van der Waals surface area contributed by atoms with Crippen LogP contribution < -0.4 is 5.73 Å². The highest BCUT2D eigenvalue weighted by molar-refractivity contribution is 5.10. The van der Waals surface area contributed by atoms with Gasteiger partial charge in [-0.2, -0.15) is 0 Å². The van der Waals surface area contributed by atoms with Crippen LogP contribution in [0.4, 0.5) is 0 Å². The third-order valence-corrected chi connectivity index (χ3v) is 3.81. The summed E-state index contributed by atoms with van der Waals surface area (Å²) in [5, 5.41) is 0. The molecule has 0 radical (unpaired) electrons. The maximum atomic E-state index is 6.28. The quantitative estimate of drug-likeness (QED) is 0.663. The average molecular weight is 182 g/mol. The molecule has 0 bridgehead atoms. The fraction of sp³-hybridized carbons (Fsp3) is 1.00. The van der Waals surface area contributed by atoms with Gasteiger partial charge in [-0.25, -0.2) is 0 Å². The molecule has 1 saturated carbocycles. The van der Waals surface area contributed by atoms with E-state index in [0.717, 1.165) is 32.2 Å². The molecule has 3 heteroatoms. The van der Waals surface area contributed by atoms with Gasteiger partial charge in [-0.15, -0.1) is 0 Å². The maximum Gasteiger partial charge on any atom is 0.0622 e. The molecule has 1 unspecified atom stereocenters. The van der Waals surface area contributed by atoms with Crippen molar-refractivity contribution in [2.75, 3.05) is 26.3 Å². The lowest BCUT2D eigenvalue weighted by atomic mass is 9.84. The second kappa shape index (κ2) is 2.69. The molecule has 3 rings (SSSR count). The molecule has 2 heterocycles. The highest BCUT2D eigenvalue weighted by Gasteiger charge is 2.51. The summed E-state index contributed by atoms with van der Waals surface area (Å²) in [7, 11) is 0. The number of nitrogens with two attached hydrogens (primary N) is 1. The molecule has 74 valence electrons. The van der Waals surface area contributed by atoms with Crippen LogP contribution in [-0.2, 0) is 4.74 Å². The number of likely N-dealkylation sites (tertiary alicyclic amines) is 1. The van der Waals surface area contributed by atoms with Crippen molar-refractivity contribution in [2.45, 2.75) is 30.8 Å². The predicted molar refractivity (Wildman–Crippen MR) is 50.4 cm³/mol. The van der Waals surface area contributed by atoms with Crippen LogP contribution in [0.3, 0.4) is 0 Å². The summed E-state index contributed by atoms with van der Waals surface area (Å²) in [4.78, 5) is 2.51. The Kier molecular flexibility index (Phi) is 1.70. The van der Waals surface area contributed by atoms with Crippen LogP contribution in [0, 0.1) is 5.92 Å². The summed E-state index contributed by atoms with van der Waals surface area (Å²) in [5.74, 6) is 0.839. The van der Waals surface area contributed by atoms with Gasteiger partial charge in [-0.05, 0) is 25.2 Å². The molecule has 3 aliphatic rings. The van der Waals surface area contributed by atoms with E-state index in [9.17, 15) is 0 Å². The molecule has 2 saturated heterocycles. The SMILES string of the molecule is NC1(C2CC2)CN(C2CCOC2)C1. The number of rotatable bonds is 2. The Hall–Kier alpha value is -0.120. The standard InChI is InChI=1S/C10H18N2O/c11-10(8-1-2-8)6-12(7-10)9-3-4-13-5-9/h8-9H,1-7,11H2. The van der Waals surface area contributed by atoms with Gasteiger partial charge in [-0.3, -0.25) is 4.90 Å². The van der Waals surface area contributed by atoms with Crippen molar-refractivity contribution in [1.29, 1.82) is 0 Å². The highest BCUT2D eigenvalue weighted by Crippen LogP contribution is 2.43. The number of hydrogen-bond acceptors (Lipinski definition) is 3. The van der Waals surface area contributed by atoms with Crippen LogP contribution in [0.15, 0.2) is 0 Å². The molecule has 0 aromatic rings. The molecular weight excluding hydrogens is 164 g/mol. The molecule has 0 spiro atoms. The van der Waals surface area contributed by atoms with E-state index in [-0.39, 0.29) is 5.54 Å². The van der Waals surface area contributed by atoms with Crippen molar-refractivity contribution in [3.63, 3.8) is 0 Å². The average Bonchev–Trinajstić information content (AvgIpc) is 2.77. The minimum atomic E-state index is 0.183. The Labute approximate surface area is 79.2 Å². The van der Waals surface area contributed by atoms with E-state index in [0.29, 0.717) is 6.04 Å². The molecule has 0 aromatic heterocycles. The first-order valence-corrected chi connectivity index (χ1v) is 5.39. The van der Waals surface area contributed by atoms with E-state index < -0.39 is 0 Å². The van der Waals surface area contributed by atoms with E-state index in [4.69, 9.17) is 10.5 Å². The van der Waals surface area contributed by atoms with Crippen LogP contribution in [0.2, 0.25) is 0 Å². The zero-order valence-electron chi connectivity index (χ0n) is 8.04. The lowest BCUT2D eigenvalue weighted by molar-refractivity contribution is 0.0121. The minimum Gasteiger partial charge on any atom is -0.380 e. The first-order chi connectivity index (χ1) is 6.28. The molecule has 1 aliphatic carbocycles. The van der Waals surface area contributed by atoms with Gasteiger partial charge >= 0.3 is 0 Å². The molecule has 3 fully saturated rings. The Morgan fingerprint density at radius 1 is 1.23 bits per heavy atom. The number of ether oxygens (including phenoxy) is 1. The fourth-order valence-corrected chi connectivity index (χ4v) is 2.69. The van der Waals surface area contributed by atoms with Gasteiger partial charge in [0.25, 0.3) is 0 Å². The third kappa shape index (κ3) is 1.30. The fourth-order valence-electron chi connectivity index (χ4n) is 2.69. The van der Waals surface area contributed by atoms with Gasteiger partial charge in [0, 0.05) is 31.3 Å². The van der Waals surface area contributed by atoms with E-state index in [1.807, 2.05) is 0 Å². The Balaban J connectivity index is 1.55. The van der Waals surface area contributed by atoms with Crippen LogP contribution in [0.5, 0.6) is 0 Å². The summed E-state index contributed by atoms with van der Waals surface area (Å²) < 4.78 is 5.38. The van der Waals surface area contributed by atoms with Gasteiger partial charge in [0.05, 0.1) is 6.61 Å². The topological polar surface area (TPSA) is 38.5 Å². The second-order valence-electron chi connectivity index (χ2n) is 4.93. The third-order valence-electron chi connectivity index (χ3n) is 3.81. The summed E-state index contributed by atoms with van der Waals surface area (Å²) in [5.41, 5.74) is 6.47. The lowest BCUT2D eigenvalue weighted by Crippen LogP contribution is -2.70. The first kappa shape index (κ1) is 8.21. The Bertz CT molecular complexity index is 203. The van der Waals surface area contributed by atoms with E-state index >= 15 is 0 Å². The molecular formula is C10H18N2O. The first-order valence-electron chi connectivity index (χ1n) is 5.39. The summed E-state index contributed by atoms with van der Waals surface area (Å²) >= 11 is 0. The van der Waals surface area contributed by atoms with Crippen LogP contribution >= 0.6 is 0 Å². The summed E-state index contributed by atoms with van der Waals surface area (Å²) in [6.45, 7) is 4.11. The maximum absolute atomic E-state index is 6.28. The predicted octanol–water partition coefficient (Wildman–Crippen LogP) is 0.198. The molecule has 1 atom stereocenters. The zero-order chi connectivity index (χ0) is 8.89. The van der Waals surface area contributed by atoms with Crippen molar-refractivity contribution in [1.82, 2.24) is 4.90 Å². The zero-order valence-corrected chi connectivity index (χ0v) is 8.04. The number of hydrogen-bond donors (Lipinski definition) is 1. The van der Waals surface area contributed by atoms with Crippen LogP contribution in [0.25, 0.3) is 0 Å². The summed E-state index contributed by atoms with van der Waals surface area (Å²) in [6.07, 6.45) is 3.94. The van der Waals surface area contributed by atoms with Gasteiger partial charge in [0.15, 0.2) is 0 Å². The smallest absolute Gasteiger partial charge is 0.0622 e. The minimum absolute atomic E-state index is 0.183. The van der Waals surface area contributed by atoms with Gasteiger partial charge in [-0.1, -0.05) is 0 Å².